The molecule has 0 radical (unpaired) electrons. The van der Waals surface area contributed by atoms with Crippen LogP contribution in [0.1, 0.15) is 6.92 Å². The van der Waals surface area contributed by atoms with E-state index >= 15 is 0 Å². The monoisotopic (exact) mass is 253 g/mol. The third-order valence-electron chi connectivity index (χ3n) is 2.33. The number of carbonyl (C=O) groups excluding carboxylic acids is 1. The van der Waals surface area contributed by atoms with Crippen molar-refractivity contribution in [1.29, 1.82) is 0 Å². The van der Waals surface area contributed by atoms with Crippen LogP contribution in [0.2, 0.25) is 0 Å². The molecule has 0 spiro atoms. The van der Waals surface area contributed by atoms with Crippen LogP contribution in [-0.4, -0.2) is 39.4 Å². The normalized spacial score (nSPS) is 11.7. The van der Waals surface area contributed by atoms with Crippen LogP contribution in [0.3, 0.4) is 0 Å². The molecule has 0 saturated heterocycles. The molecule has 0 bridgehead atoms. The molecular weight excluding hydrogens is 234 g/mol. The van der Waals surface area contributed by atoms with Crippen LogP contribution in [0.5, 0.6) is 5.75 Å². The van der Waals surface area contributed by atoms with Gasteiger partial charge in [-0.3, -0.25) is 0 Å². The molecule has 0 heterocycles. The van der Waals surface area contributed by atoms with Crippen molar-refractivity contribution in [2.24, 2.45) is 0 Å². The molecule has 0 amide bonds. The van der Waals surface area contributed by atoms with Gasteiger partial charge in [-0.25, -0.2) is 4.79 Å². The number of hydrogen-bond acceptors (Lipinski definition) is 5. The highest BCUT2D eigenvalue weighted by Gasteiger charge is 2.12. The van der Waals surface area contributed by atoms with E-state index in [0.717, 1.165) is 11.4 Å². The van der Waals surface area contributed by atoms with E-state index in [0.29, 0.717) is 13.2 Å². The molecule has 0 aliphatic rings. The predicted octanol–water partition coefficient (Wildman–Crippen LogP) is 1.69. The number of carbonyl (C=O) groups is 1. The molecule has 0 fully saturated rings. The lowest BCUT2D eigenvalue weighted by atomic mass is 10.2. The Bertz CT molecular complexity index is 381. The summed E-state index contributed by atoms with van der Waals surface area (Å²) < 4.78 is 15.0. The van der Waals surface area contributed by atoms with E-state index in [1.807, 2.05) is 24.3 Å². The fourth-order valence-corrected chi connectivity index (χ4v) is 1.40. The maximum Gasteiger partial charge on any atom is 0.327 e. The topological polar surface area (TPSA) is 56.8 Å². The Balaban J connectivity index is 2.56. The number of nitrogens with one attached hydrogen (secondary N) is 1. The molecule has 0 aliphatic carbocycles. The van der Waals surface area contributed by atoms with Gasteiger partial charge in [0.2, 0.25) is 0 Å². The zero-order chi connectivity index (χ0) is 13.4. The molecule has 5 nitrogen and oxygen atoms in total. The fourth-order valence-electron chi connectivity index (χ4n) is 1.40. The second-order valence-corrected chi connectivity index (χ2v) is 3.76. The second-order valence-electron chi connectivity index (χ2n) is 3.76. The molecule has 1 aromatic carbocycles. The molecular formula is C13H19NO4. The van der Waals surface area contributed by atoms with Crippen molar-refractivity contribution < 1.29 is 19.0 Å². The first-order valence-corrected chi connectivity index (χ1v) is 5.73. The Morgan fingerprint density at radius 3 is 2.78 bits per heavy atom. The quantitative estimate of drug-likeness (QED) is 0.592. The largest absolute Gasteiger partial charge is 0.491 e. The Hall–Kier alpha value is -1.75. The first kappa shape index (κ1) is 14.3. The minimum atomic E-state index is -0.399. The SMILES string of the molecule is COCCOc1cccc(NC(C)C(=O)OC)c1. The summed E-state index contributed by atoms with van der Waals surface area (Å²) in [5.41, 5.74) is 0.808. The van der Waals surface area contributed by atoms with Crippen LogP contribution in [-0.2, 0) is 14.3 Å². The van der Waals surface area contributed by atoms with Crippen LogP contribution in [0, 0.1) is 0 Å². The first-order chi connectivity index (χ1) is 8.67. The van der Waals surface area contributed by atoms with E-state index in [1.165, 1.54) is 7.11 Å². The molecule has 5 heteroatoms. The van der Waals surface area contributed by atoms with Crippen molar-refractivity contribution in [2.75, 3.05) is 32.8 Å². The van der Waals surface area contributed by atoms with Crippen molar-refractivity contribution in [2.45, 2.75) is 13.0 Å². The van der Waals surface area contributed by atoms with Crippen LogP contribution in [0.25, 0.3) is 0 Å². The molecule has 1 rings (SSSR count). The van der Waals surface area contributed by atoms with E-state index in [9.17, 15) is 4.79 Å². The summed E-state index contributed by atoms with van der Waals surface area (Å²) in [5, 5.41) is 3.04. The van der Waals surface area contributed by atoms with Gasteiger partial charge in [0.15, 0.2) is 0 Å². The van der Waals surface area contributed by atoms with Gasteiger partial charge in [0, 0.05) is 18.9 Å². The van der Waals surface area contributed by atoms with Gasteiger partial charge in [-0.2, -0.15) is 0 Å². The molecule has 1 atom stereocenters. The fraction of sp³-hybridized carbons (Fsp3) is 0.462. The van der Waals surface area contributed by atoms with E-state index in [-0.39, 0.29) is 5.97 Å². The summed E-state index contributed by atoms with van der Waals surface area (Å²) in [6.45, 7) is 2.77. The number of esters is 1. The third kappa shape index (κ3) is 4.63. The van der Waals surface area contributed by atoms with Gasteiger partial charge in [-0.1, -0.05) is 6.07 Å². The Morgan fingerprint density at radius 1 is 1.33 bits per heavy atom. The highest BCUT2D eigenvalue weighted by Crippen LogP contribution is 2.18. The minimum absolute atomic E-state index is 0.305. The second kappa shape index (κ2) is 7.55. The van der Waals surface area contributed by atoms with Crippen molar-refractivity contribution in [3.05, 3.63) is 24.3 Å². The summed E-state index contributed by atoms with van der Waals surface area (Å²) in [4.78, 5) is 11.3. The zero-order valence-corrected chi connectivity index (χ0v) is 10.9. The van der Waals surface area contributed by atoms with Crippen LogP contribution in [0.4, 0.5) is 5.69 Å². The lowest BCUT2D eigenvalue weighted by Gasteiger charge is -2.14. The average Bonchev–Trinajstić information content (AvgIpc) is 2.38. The van der Waals surface area contributed by atoms with Gasteiger partial charge in [-0.05, 0) is 19.1 Å². The van der Waals surface area contributed by atoms with Crippen molar-refractivity contribution >= 4 is 11.7 Å². The van der Waals surface area contributed by atoms with E-state index < -0.39 is 6.04 Å². The number of methoxy groups -OCH3 is 2. The highest BCUT2D eigenvalue weighted by molar-refractivity contribution is 5.78. The highest BCUT2D eigenvalue weighted by atomic mass is 16.5. The number of benzene rings is 1. The smallest absolute Gasteiger partial charge is 0.327 e. The van der Waals surface area contributed by atoms with Gasteiger partial charge in [-0.15, -0.1) is 0 Å². The Labute approximate surface area is 107 Å². The van der Waals surface area contributed by atoms with Crippen molar-refractivity contribution in [3.63, 3.8) is 0 Å². The summed E-state index contributed by atoms with van der Waals surface area (Å²) in [6, 6.07) is 7.00. The first-order valence-electron chi connectivity index (χ1n) is 5.73. The van der Waals surface area contributed by atoms with Gasteiger partial charge in [0.1, 0.15) is 18.4 Å². The molecule has 0 aliphatic heterocycles. The Morgan fingerprint density at radius 2 is 2.11 bits per heavy atom. The number of rotatable bonds is 7. The summed E-state index contributed by atoms with van der Waals surface area (Å²) in [6.07, 6.45) is 0. The number of anilines is 1. The van der Waals surface area contributed by atoms with Gasteiger partial charge >= 0.3 is 5.97 Å². The lowest BCUT2D eigenvalue weighted by molar-refractivity contribution is -0.141. The summed E-state index contributed by atoms with van der Waals surface area (Å²) >= 11 is 0. The third-order valence-corrected chi connectivity index (χ3v) is 2.33. The van der Waals surface area contributed by atoms with Gasteiger partial charge in [0.05, 0.1) is 13.7 Å². The zero-order valence-electron chi connectivity index (χ0n) is 10.9. The van der Waals surface area contributed by atoms with E-state index in [4.69, 9.17) is 9.47 Å². The maximum atomic E-state index is 11.3. The van der Waals surface area contributed by atoms with Crippen LogP contribution >= 0.6 is 0 Å². The summed E-state index contributed by atoms with van der Waals surface area (Å²) in [5.74, 6) is 0.426. The van der Waals surface area contributed by atoms with Gasteiger partial charge in [0.25, 0.3) is 0 Å². The average molecular weight is 253 g/mol. The van der Waals surface area contributed by atoms with Crippen molar-refractivity contribution in [1.82, 2.24) is 0 Å². The standard InChI is InChI=1S/C13H19NO4/c1-10(13(15)17-3)14-11-5-4-6-12(9-11)18-8-7-16-2/h4-6,9-10,14H,7-8H2,1-3H3. The summed E-state index contributed by atoms with van der Waals surface area (Å²) in [7, 11) is 2.99. The number of ether oxygens (including phenoxy) is 3. The van der Waals surface area contributed by atoms with Gasteiger partial charge < -0.3 is 19.5 Å². The minimum Gasteiger partial charge on any atom is -0.491 e. The molecule has 1 aromatic rings. The van der Waals surface area contributed by atoms with E-state index in [2.05, 4.69) is 10.1 Å². The molecule has 0 aromatic heterocycles. The van der Waals surface area contributed by atoms with Crippen LogP contribution in [0.15, 0.2) is 24.3 Å². The predicted molar refractivity (Wildman–Crippen MR) is 68.9 cm³/mol. The van der Waals surface area contributed by atoms with E-state index in [1.54, 1.807) is 14.0 Å². The molecule has 1 unspecified atom stereocenters. The molecule has 1 N–H and O–H groups in total. The maximum absolute atomic E-state index is 11.3. The van der Waals surface area contributed by atoms with Crippen molar-refractivity contribution in [3.8, 4) is 5.75 Å². The molecule has 100 valence electrons. The Kier molecular flexibility index (Phi) is 6.00. The molecule has 18 heavy (non-hydrogen) atoms. The van der Waals surface area contributed by atoms with Crippen LogP contribution < -0.4 is 10.1 Å². The molecule has 0 saturated carbocycles. The lowest BCUT2D eigenvalue weighted by Crippen LogP contribution is -2.27. The number of hydrogen-bond donors (Lipinski definition) is 1.